The first-order chi connectivity index (χ1) is 10.4. The van der Waals surface area contributed by atoms with Gasteiger partial charge in [0.05, 0.1) is 0 Å². The molecular formula is C20H29N. The van der Waals surface area contributed by atoms with E-state index in [-0.39, 0.29) is 0 Å². The zero-order chi connectivity index (χ0) is 14.5. The molecule has 0 saturated heterocycles. The van der Waals surface area contributed by atoms with Gasteiger partial charge in [0, 0.05) is 6.54 Å². The highest BCUT2D eigenvalue weighted by Gasteiger charge is 2.25. The van der Waals surface area contributed by atoms with Crippen LogP contribution in [0.25, 0.3) is 6.08 Å². The molecule has 0 aromatic heterocycles. The molecular weight excluding hydrogens is 254 g/mol. The Morgan fingerprint density at radius 2 is 1.86 bits per heavy atom. The molecule has 0 aliphatic heterocycles. The summed E-state index contributed by atoms with van der Waals surface area (Å²) in [6, 6.07) is 9.07. The SMILES string of the molecule is CCNC/C(=C/c1ccccc1C1CC1)C1CCCCC1. The van der Waals surface area contributed by atoms with E-state index in [1.54, 1.807) is 11.1 Å². The summed E-state index contributed by atoms with van der Waals surface area (Å²) >= 11 is 0. The van der Waals surface area contributed by atoms with Crippen molar-refractivity contribution in [3.63, 3.8) is 0 Å². The Morgan fingerprint density at radius 1 is 1.10 bits per heavy atom. The fourth-order valence-electron chi connectivity index (χ4n) is 3.66. The largest absolute Gasteiger partial charge is 0.313 e. The summed E-state index contributed by atoms with van der Waals surface area (Å²) in [7, 11) is 0. The summed E-state index contributed by atoms with van der Waals surface area (Å²) in [5.74, 6) is 1.65. The van der Waals surface area contributed by atoms with E-state index >= 15 is 0 Å². The smallest absolute Gasteiger partial charge is 0.0170 e. The van der Waals surface area contributed by atoms with Crippen LogP contribution < -0.4 is 5.32 Å². The molecule has 0 spiro atoms. The third-order valence-electron chi connectivity index (χ3n) is 5.06. The summed E-state index contributed by atoms with van der Waals surface area (Å²) < 4.78 is 0. The Balaban J connectivity index is 1.83. The summed E-state index contributed by atoms with van der Waals surface area (Å²) in [6.07, 6.45) is 12.3. The monoisotopic (exact) mass is 283 g/mol. The van der Waals surface area contributed by atoms with E-state index in [1.165, 1.54) is 50.5 Å². The zero-order valence-corrected chi connectivity index (χ0v) is 13.4. The highest BCUT2D eigenvalue weighted by Crippen LogP contribution is 2.42. The number of likely N-dealkylation sites (N-methyl/N-ethyl adjacent to an activating group) is 1. The lowest BCUT2D eigenvalue weighted by Gasteiger charge is -2.25. The van der Waals surface area contributed by atoms with Crippen LogP contribution in [0.5, 0.6) is 0 Å². The number of hydrogen-bond acceptors (Lipinski definition) is 1. The van der Waals surface area contributed by atoms with Crippen LogP contribution in [-0.2, 0) is 0 Å². The molecule has 0 bridgehead atoms. The molecule has 1 N–H and O–H groups in total. The lowest BCUT2D eigenvalue weighted by atomic mass is 9.82. The standard InChI is InChI=1S/C20H29N/c1-2-21-15-19(16-8-4-3-5-9-16)14-18-10-6-7-11-20(18)17-12-13-17/h6-7,10-11,14,16-17,21H,2-5,8-9,12-13,15H2,1H3/b19-14-. The van der Waals surface area contributed by atoms with Gasteiger partial charge in [-0.2, -0.15) is 0 Å². The van der Waals surface area contributed by atoms with Gasteiger partial charge >= 0.3 is 0 Å². The van der Waals surface area contributed by atoms with Crippen molar-refractivity contribution in [2.24, 2.45) is 5.92 Å². The highest BCUT2D eigenvalue weighted by molar-refractivity contribution is 5.59. The minimum atomic E-state index is 0.810. The van der Waals surface area contributed by atoms with E-state index in [0.29, 0.717) is 0 Å². The van der Waals surface area contributed by atoms with Gasteiger partial charge in [0.2, 0.25) is 0 Å². The van der Waals surface area contributed by atoms with Gasteiger partial charge in [-0.15, -0.1) is 0 Å². The average molecular weight is 283 g/mol. The summed E-state index contributed by atoms with van der Waals surface area (Å²) in [6.45, 7) is 4.34. The average Bonchev–Trinajstić information content (AvgIpc) is 3.37. The zero-order valence-electron chi connectivity index (χ0n) is 13.4. The molecule has 2 aliphatic rings. The predicted octanol–water partition coefficient (Wildman–Crippen LogP) is 5.14. The molecule has 1 aromatic rings. The van der Waals surface area contributed by atoms with Crippen molar-refractivity contribution in [3.05, 3.63) is 41.0 Å². The van der Waals surface area contributed by atoms with Gasteiger partial charge in [-0.05, 0) is 55.2 Å². The number of rotatable bonds is 6. The van der Waals surface area contributed by atoms with Gasteiger partial charge in [0.1, 0.15) is 0 Å². The molecule has 0 radical (unpaired) electrons. The van der Waals surface area contributed by atoms with Crippen molar-refractivity contribution in [1.82, 2.24) is 5.32 Å². The van der Waals surface area contributed by atoms with E-state index in [1.807, 2.05) is 0 Å². The second kappa shape index (κ2) is 7.26. The van der Waals surface area contributed by atoms with Crippen LogP contribution in [0, 0.1) is 5.92 Å². The minimum absolute atomic E-state index is 0.810. The summed E-state index contributed by atoms with van der Waals surface area (Å²) in [4.78, 5) is 0. The van der Waals surface area contributed by atoms with Crippen molar-refractivity contribution in [2.45, 2.75) is 57.8 Å². The molecule has 0 unspecified atom stereocenters. The Bertz CT molecular complexity index is 478. The molecule has 0 amide bonds. The van der Waals surface area contributed by atoms with E-state index < -0.39 is 0 Å². The van der Waals surface area contributed by atoms with E-state index in [4.69, 9.17) is 0 Å². The van der Waals surface area contributed by atoms with Gasteiger partial charge in [0.25, 0.3) is 0 Å². The molecule has 21 heavy (non-hydrogen) atoms. The molecule has 0 atom stereocenters. The molecule has 1 nitrogen and oxygen atoms in total. The molecule has 2 fully saturated rings. The fourth-order valence-corrected chi connectivity index (χ4v) is 3.66. The normalized spacial score (nSPS) is 20.7. The van der Waals surface area contributed by atoms with Crippen LogP contribution in [0.4, 0.5) is 0 Å². The third kappa shape index (κ3) is 3.97. The van der Waals surface area contributed by atoms with Gasteiger partial charge < -0.3 is 5.32 Å². The molecule has 3 rings (SSSR count). The van der Waals surface area contributed by atoms with Crippen molar-refractivity contribution < 1.29 is 0 Å². The second-order valence-electron chi connectivity index (χ2n) is 6.74. The Morgan fingerprint density at radius 3 is 2.57 bits per heavy atom. The van der Waals surface area contributed by atoms with Gasteiger partial charge in [0.15, 0.2) is 0 Å². The summed E-state index contributed by atoms with van der Waals surface area (Å²) in [5, 5.41) is 3.56. The lowest BCUT2D eigenvalue weighted by Crippen LogP contribution is -2.22. The maximum atomic E-state index is 3.56. The van der Waals surface area contributed by atoms with Crippen LogP contribution in [-0.4, -0.2) is 13.1 Å². The van der Waals surface area contributed by atoms with Crippen molar-refractivity contribution in [1.29, 1.82) is 0 Å². The van der Waals surface area contributed by atoms with E-state index in [9.17, 15) is 0 Å². The van der Waals surface area contributed by atoms with Gasteiger partial charge in [-0.25, -0.2) is 0 Å². The topological polar surface area (TPSA) is 12.0 Å². The van der Waals surface area contributed by atoms with Crippen molar-refractivity contribution in [3.8, 4) is 0 Å². The number of benzene rings is 1. The van der Waals surface area contributed by atoms with Crippen LogP contribution in [0.3, 0.4) is 0 Å². The van der Waals surface area contributed by atoms with Gasteiger partial charge in [-0.3, -0.25) is 0 Å². The van der Waals surface area contributed by atoms with E-state index in [0.717, 1.165) is 24.9 Å². The molecule has 2 aliphatic carbocycles. The van der Waals surface area contributed by atoms with Crippen LogP contribution in [0.15, 0.2) is 29.8 Å². The second-order valence-corrected chi connectivity index (χ2v) is 6.74. The fraction of sp³-hybridized carbons (Fsp3) is 0.600. The molecule has 1 aromatic carbocycles. The third-order valence-corrected chi connectivity index (χ3v) is 5.06. The quantitative estimate of drug-likeness (QED) is 0.762. The molecule has 2 saturated carbocycles. The van der Waals surface area contributed by atoms with E-state index in [2.05, 4.69) is 42.6 Å². The first kappa shape index (κ1) is 14.8. The summed E-state index contributed by atoms with van der Waals surface area (Å²) in [5.41, 5.74) is 4.71. The molecule has 1 heteroatoms. The van der Waals surface area contributed by atoms with Gasteiger partial charge in [-0.1, -0.05) is 62.1 Å². The Kier molecular flexibility index (Phi) is 5.13. The maximum absolute atomic E-state index is 3.56. The lowest BCUT2D eigenvalue weighted by molar-refractivity contribution is 0.397. The Hall–Kier alpha value is -1.08. The maximum Gasteiger partial charge on any atom is 0.0170 e. The van der Waals surface area contributed by atoms with Crippen LogP contribution >= 0.6 is 0 Å². The molecule has 0 heterocycles. The first-order valence-corrected chi connectivity index (χ1v) is 8.88. The molecule has 114 valence electrons. The highest BCUT2D eigenvalue weighted by atomic mass is 14.8. The van der Waals surface area contributed by atoms with Crippen molar-refractivity contribution in [2.75, 3.05) is 13.1 Å². The first-order valence-electron chi connectivity index (χ1n) is 8.88. The predicted molar refractivity (Wildman–Crippen MR) is 91.5 cm³/mol. The Labute approximate surface area is 129 Å². The minimum Gasteiger partial charge on any atom is -0.313 e. The van der Waals surface area contributed by atoms with Crippen LogP contribution in [0.2, 0.25) is 0 Å². The van der Waals surface area contributed by atoms with Crippen LogP contribution in [0.1, 0.15) is 68.9 Å². The number of nitrogens with one attached hydrogen (secondary N) is 1. The van der Waals surface area contributed by atoms with Crippen molar-refractivity contribution >= 4 is 6.08 Å². The number of hydrogen-bond donors (Lipinski definition) is 1.